The highest BCUT2D eigenvalue weighted by atomic mass is 19.4. The normalized spacial score (nSPS) is 12.9. The van der Waals surface area contributed by atoms with Crippen LogP contribution in [0.1, 0.15) is 41.5 Å². The number of fused-ring (bicyclic) bond motifs is 1. The number of aliphatic hydroxyl groups is 1. The number of carbonyl (C=O) groups is 1. The number of carbonyl (C=O) groups excluding carboxylic acids is 1. The van der Waals surface area contributed by atoms with Crippen LogP contribution in [-0.4, -0.2) is 45.0 Å². The number of aliphatic hydroxyl groups excluding tert-OH is 1. The number of rotatable bonds is 7. The summed E-state index contributed by atoms with van der Waals surface area (Å²) in [5.74, 6) is -0.219. The average molecular weight is 436 g/mol. The first-order valence-corrected chi connectivity index (χ1v) is 9.67. The van der Waals surface area contributed by atoms with Crippen molar-refractivity contribution >= 4 is 16.9 Å². The molecule has 0 spiro atoms. The molecule has 1 aromatic carbocycles. The Hall–Kier alpha value is -3.14. The van der Waals surface area contributed by atoms with Gasteiger partial charge in [0.25, 0.3) is 5.91 Å². The van der Waals surface area contributed by atoms with E-state index >= 15 is 0 Å². The van der Waals surface area contributed by atoms with Crippen LogP contribution in [0, 0.1) is 6.92 Å². The predicted molar refractivity (Wildman–Crippen MR) is 108 cm³/mol. The van der Waals surface area contributed by atoms with E-state index in [0.717, 1.165) is 17.5 Å². The van der Waals surface area contributed by atoms with Crippen molar-refractivity contribution in [2.45, 2.75) is 39.1 Å². The summed E-state index contributed by atoms with van der Waals surface area (Å²) in [7, 11) is 0. The van der Waals surface area contributed by atoms with Gasteiger partial charge in [0, 0.05) is 18.0 Å². The lowest BCUT2D eigenvalue weighted by Gasteiger charge is -2.14. The number of nitrogens with one attached hydrogen (secondary N) is 1. The number of benzene rings is 1. The van der Waals surface area contributed by atoms with Crippen LogP contribution in [0.15, 0.2) is 36.5 Å². The van der Waals surface area contributed by atoms with Gasteiger partial charge < -0.3 is 15.2 Å². The number of hydrogen-bond acceptors (Lipinski definition) is 5. The van der Waals surface area contributed by atoms with Crippen LogP contribution >= 0.6 is 0 Å². The van der Waals surface area contributed by atoms with Gasteiger partial charge in [-0.15, -0.1) is 0 Å². The summed E-state index contributed by atoms with van der Waals surface area (Å²) in [4.78, 5) is 17.0. The standard InChI is InChI=1S/C21H23F3N4O3/c1-12(2)28-19-14(9-26-28)8-18(13(3)27-19)20(30)25-10-16(29)11-31-17-6-4-15(5-7-17)21(22,23)24/h4-9,12,16,29H,10-11H2,1-3H3,(H,25,30). The van der Waals surface area contributed by atoms with E-state index in [-0.39, 0.29) is 24.9 Å². The number of aromatic nitrogens is 3. The van der Waals surface area contributed by atoms with Gasteiger partial charge in [0.2, 0.25) is 0 Å². The second-order valence-corrected chi connectivity index (χ2v) is 7.41. The zero-order chi connectivity index (χ0) is 22.8. The first-order chi connectivity index (χ1) is 14.6. The minimum atomic E-state index is -4.42. The Labute approximate surface area is 176 Å². The zero-order valence-corrected chi connectivity index (χ0v) is 17.3. The fourth-order valence-corrected chi connectivity index (χ4v) is 2.97. The van der Waals surface area contributed by atoms with E-state index in [0.29, 0.717) is 16.9 Å². The van der Waals surface area contributed by atoms with Crippen LogP contribution in [-0.2, 0) is 6.18 Å². The lowest BCUT2D eigenvalue weighted by Crippen LogP contribution is -2.35. The molecule has 0 bridgehead atoms. The summed E-state index contributed by atoms with van der Waals surface area (Å²) in [6.45, 7) is 5.40. The molecule has 2 N–H and O–H groups in total. The van der Waals surface area contributed by atoms with Gasteiger partial charge in [-0.3, -0.25) is 4.79 Å². The number of aryl methyl sites for hydroxylation is 1. The molecule has 3 rings (SSSR count). The van der Waals surface area contributed by atoms with Crippen molar-refractivity contribution in [1.82, 2.24) is 20.1 Å². The molecule has 0 aliphatic heterocycles. The third-order valence-electron chi connectivity index (χ3n) is 4.62. The molecule has 0 saturated carbocycles. The molecule has 10 heteroatoms. The Morgan fingerprint density at radius 3 is 2.55 bits per heavy atom. The summed E-state index contributed by atoms with van der Waals surface area (Å²) >= 11 is 0. The SMILES string of the molecule is Cc1nc2c(cnn2C(C)C)cc1C(=O)NCC(O)COc1ccc(C(F)(F)F)cc1. The molecule has 0 fully saturated rings. The Balaban J connectivity index is 1.56. The van der Waals surface area contributed by atoms with E-state index in [2.05, 4.69) is 15.4 Å². The Kier molecular flexibility index (Phi) is 6.49. The highest BCUT2D eigenvalue weighted by Gasteiger charge is 2.30. The highest BCUT2D eigenvalue weighted by Crippen LogP contribution is 2.30. The van der Waals surface area contributed by atoms with Crippen LogP contribution < -0.4 is 10.1 Å². The van der Waals surface area contributed by atoms with Gasteiger partial charge in [0.1, 0.15) is 18.5 Å². The first kappa shape index (κ1) is 22.5. The molecule has 3 aromatic rings. The van der Waals surface area contributed by atoms with Crippen LogP contribution in [0.5, 0.6) is 5.75 Å². The molecule has 2 heterocycles. The molecule has 0 aliphatic rings. The number of nitrogens with zero attached hydrogens (tertiary/aromatic N) is 3. The van der Waals surface area contributed by atoms with Gasteiger partial charge in [0.05, 0.1) is 23.0 Å². The predicted octanol–water partition coefficient (Wildman–Crippen LogP) is 3.51. The maximum Gasteiger partial charge on any atom is 0.416 e. The van der Waals surface area contributed by atoms with Gasteiger partial charge in [-0.1, -0.05) is 0 Å². The second kappa shape index (κ2) is 8.93. The summed E-state index contributed by atoms with van der Waals surface area (Å²) in [6, 6.07) is 5.98. The van der Waals surface area contributed by atoms with Gasteiger partial charge in [-0.25, -0.2) is 9.67 Å². The van der Waals surface area contributed by atoms with Gasteiger partial charge >= 0.3 is 6.18 Å². The van der Waals surface area contributed by atoms with Crippen molar-refractivity contribution in [2.75, 3.05) is 13.2 Å². The van der Waals surface area contributed by atoms with Crippen molar-refractivity contribution in [3.63, 3.8) is 0 Å². The number of ether oxygens (including phenoxy) is 1. The summed E-state index contributed by atoms with van der Waals surface area (Å²) < 4.78 is 44.8. The first-order valence-electron chi connectivity index (χ1n) is 9.67. The topological polar surface area (TPSA) is 89.3 Å². The second-order valence-electron chi connectivity index (χ2n) is 7.41. The van der Waals surface area contributed by atoms with Gasteiger partial charge in [0.15, 0.2) is 5.65 Å². The molecule has 2 aromatic heterocycles. The van der Waals surface area contributed by atoms with Crippen molar-refractivity contribution in [3.05, 3.63) is 53.3 Å². The van der Waals surface area contributed by atoms with Gasteiger partial charge in [-0.05, 0) is 51.1 Å². The molecule has 1 amide bonds. The van der Waals surface area contributed by atoms with Gasteiger partial charge in [-0.2, -0.15) is 18.3 Å². The largest absolute Gasteiger partial charge is 0.491 e. The quantitative estimate of drug-likeness (QED) is 0.592. The Morgan fingerprint density at radius 2 is 1.94 bits per heavy atom. The molecule has 0 aliphatic carbocycles. The third-order valence-corrected chi connectivity index (χ3v) is 4.62. The minimum absolute atomic E-state index is 0.0950. The molecular formula is C21H23F3N4O3. The number of halogens is 3. The molecule has 166 valence electrons. The molecule has 1 atom stereocenters. The minimum Gasteiger partial charge on any atom is -0.491 e. The summed E-state index contributed by atoms with van der Waals surface area (Å²) in [5, 5.41) is 17.7. The fraction of sp³-hybridized carbons (Fsp3) is 0.381. The van der Waals surface area contributed by atoms with E-state index < -0.39 is 23.8 Å². The molecule has 0 radical (unpaired) electrons. The van der Waals surface area contributed by atoms with E-state index in [9.17, 15) is 23.1 Å². The summed E-state index contributed by atoms with van der Waals surface area (Å²) in [6.07, 6.45) is -3.83. The number of alkyl halides is 3. The van der Waals surface area contributed by atoms with Crippen molar-refractivity contribution in [2.24, 2.45) is 0 Å². The van der Waals surface area contributed by atoms with Crippen molar-refractivity contribution in [1.29, 1.82) is 0 Å². The average Bonchev–Trinajstić information content (AvgIpc) is 3.12. The molecule has 0 saturated heterocycles. The van der Waals surface area contributed by atoms with E-state index in [1.165, 1.54) is 12.1 Å². The number of hydrogen-bond donors (Lipinski definition) is 2. The van der Waals surface area contributed by atoms with Crippen LogP contribution in [0.3, 0.4) is 0 Å². The van der Waals surface area contributed by atoms with Crippen molar-refractivity contribution < 1.29 is 27.8 Å². The maximum atomic E-state index is 12.6. The Morgan fingerprint density at radius 1 is 1.26 bits per heavy atom. The van der Waals surface area contributed by atoms with Crippen LogP contribution in [0.2, 0.25) is 0 Å². The van der Waals surface area contributed by atoms with E-state index in [1.807, 2.05) is 13.8 Å². The molecule has 1 unspecified atom stereocenters. The lowest BCUT2D eigenvalue weighted by molar-refractivity contribution is -0.137. The zero-order valence-electron chi connectivity index (χ0n) is 17.3. The number of amides is 1. The highest BCUT2D eigenvalue weighted by molar-refractivity contribution is 5.98. The van der Waals surface area contributed by atoms with E-state index in [1.54, 1.807) is 23.9 Å². The monoisotopic (exact) mass is 436 g/mol. The fourth-order valence-electron chi connectivity index (χ4n) is 2.97. The third kappa shape index (κ3) is 5.32. The van der Waals surface area contributed by atoms with E-state index in [4.69, 9.17) is 4.74 Å². The maximum absolute atomic E-state index is 12.6. The van der Waals surface area contributed by atoms with Crippen LogP contribution in [0.25, 0.3) is 11.0 Å². The van der Waals surface area contributed by atoms with Crippen LogP contribution in [0.4, 0.5) is 13.2 Å². The lowest BCUT2D eigenvalue weighted by atomic mass is 10.1. The number of pyridine rings is 1. The molecule has 31 heavy (non-hydrogen) atoms. The molecular weight excluding hydrogens is 413 g/mol. The van der Waals surface area contributed by atoms with Crippen molar-refractivity contribution in [3.8, 4) is 5.75 Å². The molecule has 7 nitrogen and oxygen atoms in total. The smallest absolute Gasteiger partial charge is 0.416 e. The Bertz CT molecular complexity index is 1060. The summed E-state index contributed by atoms with van der Waals surface area (Å²) in [5.41, 5.74) is 0.802.